The third-order valence-corrected chi connectivity index (χ3v) is 2.65. The van der Waals surface area contributed by atoms with Gasteiger partial charge in [-0.15, -0.1) is 0 Å². The van der Waals surface area contributed by atoms with Crippen LogP contribution >= 0.6 is 0 Å². The molecule has 22 heavy (non-hydrogen) atoms. The number of hydrogen-bond acceptors (Lipinski definition) is 6. The molecule has 0 fully saturated rings. The molecule has 0 aliphatic rings. The Kier molecular flexibility index (Phi) is 5.13. The largest absolute Gasteiger partial charge is 0.455 e. The van der Waals surface area contributed by atoms with Crippen LogP contribution in [0.3, 0.4) is 0 Å². The molecular weight excluding hydrogens is 288 g/mol. The number of nitrogens with one attached hydrogen (secondary N) is 1. The first-order chi connectivity index (χ1) is 10.6. The summed E-state index contributed by atoms with van der Waals surface area (Å²) in [6.07, 6.45) is -0.578. The van der Waals surface area contributed by atoms with Crippen molar-refractivity contribution in [1.82, 2.24) is 5.16 Å². The van der Waals surface area contributed by atoms with Crippen molar-refractivity contribution < 1.29 is 23.6 Å². The van der Waals surface area contributed by atoms with E-state index in [1.807, 2.05) is 0 Å². The lowest BCUT2D eigenvalue weighted by Crippen LogP contribution is -2.14. The van der Waals surface area contributed by atoms with E-state index in [4.69, 9.17) is 14.0 Å². The molecule has 2 aromatic rings. The Hall–Kier alpha value is -2.83. The molecule has 0 bridgehead atoms. The first-order valence-corrected chi connectivity index (χ1v) is 6.71. The van der Waals surface area contributed by atoms with Gasteiger partial charge in [0.2, 0.25) is 0 Å². The Balaban J connectivity index is 1.96. The van der Waals surface area contributed by atoms with Crippen LogP contribution in [0, 0.1) is 6.92 Å². The lowest BCUT2D eigenvalue weighted by Gasteiger charge is -2.07. The quantitative estimate of drug-likeness (QED) is 0.854. The van der Waals surface area contributed by atoms with Crippen molar-refractivity contribution in [1.29, 1.82) is 0 Å². The van der Waals surface area contributed by atoms with Crippen LogP contribution in [-0.2, 0) is 16.1 Å². The summed E-state index contributed by atoms with van der Waals surface area (Å²) < 4.78 is 14.8. The Morgan fingerprint density at radius 2 is 2.09 bits per heavy atom. The lowest BCUT2D eigenvalue weighted by atomic mass is 10.2. The molecule has 0 aliphatic heterocycles. The molecule has 0 spiro atoms. The number of aryl methyl sites for hydroxylation is 1. The monoisotopic (exact) mass is 304 g/mol. The Labute approximate surface area is 127 Å². The standard InChI is InChI=1S/C15H16N2O5/c1-3-20-15(19)16-12-6-4-5-11(8-12)14(18)21-9-13-7-10(2)22-17-13/h4-8H,3,9H2,1-2H3,(H,16,19). The second-order valence-corrected chi connectivity index (χ2v) is 4.43. The number of rotatable bonds is 5. The molecule has 1 aromatic carbocycles. The maximum atomic E-state index is 12.0. The summed E-state index contributed by atoms with van der Waals surface area (Å²) >= 11 is 0. The topological polar surface area (TPSA) is 90.7 Å². The van der Waals surface area contributed by atoms with Gasteiger partial charge >= 0.3 is 12.1 Å². The molecule has 1 N–H and O–H groups in total. The minimum absolute atomic E-state index is 0.0195. The number of amides is 1. The van der Waals surface area contributed by atoms with E-state index in [1.54, 1.807) is 38.1 Å². The van der Waals surface area contributed by atoms with Crippen LogP contribution in [0.5, 0.6) is 0 Å². The van der Waals surface area contributed by atoms with Crippen LogP contribution < -0.4 is 5.32 Å². The molecule has 0 saturated carbocycles. The fraction of sp³-hybridized carbons (Fsp3) is 0.267. The molecule has 0 saturated heterocycles. The summed E-state index contributed by atoms with van der Waals surface area (Å²) in [4.78, 5) is 23.3. The molecule has 0 atom stereocenters. The average Bonchev–Trinajstić information content (AvgIpc) is 2.91. The summed E-state index contributed by atoms with van der Waals surface area (Å²) in [6.45, 7) is 3.75. The second-order valence-electron chi connectivity index (χ2n) is 4.43. The maximum absolute atomic E-state index is 12.0. The van der Waals surface area contributed by atoms with Crippen molar-refractivity contribution in [3.8, 4) is 0 Å². The molecule has 1 amide bonds. The summed E-state index contributed by atoms with van der Waals surface area (Å²) in [6, 6.07) is 8.07. The van der Waals surface area contributed by atoms with Crippen LogP contribution in [-0.4, -0.2) is 23.8 Å². The fourth-order valence-electron chi connectivity index (χ4n) is 1.72. The Morgan fingerprint density at radius 1 is 1.27 bits per heavy atom. The van der Waals surface area contributed by atoms with Crippen LogP contribution in [0.25, 0.3) is 0 Å². The zero-order valence-electron chi connectivity index (χ0n) is 12.3. The van der Waals surface area contributed by atoms with Crippen molar-refractivity contribution >= 4 is 17.7 Å². The van der Waals surface area contributed by atoms with Crippen molar-refractivity contribution in [3.63, 3.8) is 0 Å². The predicted molar refractivity (Wildman–Crippen MR) is 77.4 cm³/mol. The van der Waals surface area contributed by atoms with E-state index in [-0.39, 0.29) is 13.2 Å². The predicted octanol–water partition coefficient (Wildman–Crippen LogP) is 2.91. The van der Waals surface area contributed by atoms with Gasteiger partial charge in [-0.05, 0) is 32.0 Å². The zero-order chi connectivity index (χ0) is 15.9. The first-order valence-electron chi connectivity index (χ1n) is 6.71. The number of nitrogens with zero attached hydrogens (tertiary/aromatic N) is 1. The molecule has 2 rings (SSSR count). The van der Waals surface area contributed by atoms with E-state index >= 15 is 0 Å². The second kappa shape index (κ2) is 7.26. The minimum Gasteiger partial charge on any atom is -0.455 e. The Bertz CT molecular complexity index is 665. The molecule has 7 nitrogen and oxygen atoms in total. The molecule has 0 radical (unpaired) electrons. The van der Waals surface area contributed by atoms with Crippen molar-refractivity contribution in [2.24, 2.45) is 0 Å². The van der Waals surface area contributed by atoms with Gasteiger partial charge < -0.3 is 14.0 Å². The normalized spacial score (nSPS) is 10.1. The fourth-order valence-corrected chi connectivity index (χ4v) is 1.72. The van der Waals surface area contributed by atoms with E-state index in [2.05, 4.69) is 10.5 Å². The molecular formula is C15H16N2O5. The number of anilines is 1. The van der Waals surface area contributed by atoms with Gasteiger partial charge in [-0.3, -0.25) is 5.32 Å². The smallest absolute Gasteiger partial charge is 0.411 e. The minimum atomic E-state index is -0.578. The summed E-state index contributed by atoms with van der Waals surface area (Å²) in [7, 11) is 0. The highest BCUT2D eigenvalue weighted by Gasteiger charge is 2.11. The van der Waals surface area contributed by atoms with E-state index in [9.17, 15) is 9.59 Å². The molecule has 0 aliphatic carbocycles. The van der Waals surface area contributed by atoms with Crippen molar-refractivity contribution in [2.75, 3.05) is 11.9 Å². The van der Waals surface area contributed by atoms with E-state index < -0.39 is 12.1 Å². The maximum Gasteiger partial charge on any atom is 0.411 e. The van der Waals surface area contributed by atoms with Gasteiger partial charge in [0.05, 0.1) is 12.2 Å². The molecule has 1 heterocycles. The molecule has 1 aromatic heterocycles. The van der Waals surface area contributed by atoms with Crippen molar-refractivity contribution in [3.05, 3.63) is 47.3 Å². The average molecular weight is 304 g/mol. The van der Waals surface area contributed by atoms with E-state index in [0.29, 0.717) is 22.7 Å². The van der Waals surface area contributed by atoms with Gasteiger partial charge in [0.15, 0.2) is 0 Å². The number of carbonyl (C=O) groups is 2. The van der Waals surface area contributed by atoms with Gasteiger partial charge in [-0.25, -0.2) is 9.59 Å². The van der Waals surface area contributed by atoms with E-state index in [0.717, 1.165) is 0 Å². The first kappa shape index (κ1) is 15.6. The summed E-state index contributed by atoms with van der Waals surface area (Å²) in [5.74, 6) is 0.125. The van der Waals surface area contributed by atoms with Gasteiger partial charge in [-0.2, -0.15) is 0 Å². The highest BCUT2D eigenvalue weighted by Crippen LogP contribution is 2.13. The van der Waals surface area contributed by atoms with Gasteiger partial charge in [0, 0.05) is 11.8 Å². The number of ether oxygens (including phenoxy) is 2. The number of esters is 1. The summed E-state index contributed by atoms with van der Waals surface area (Å²) in [5, 5.41) is 6.25. The van der Waals surface area contributed by atoms with Crippen LogP contribution in [0.4, 0.5) is 10.5 Å². The number of hydrogen-bond donors (Lipinski definition) is 1. The lowest BCUT2D eigenvalue weighted by molar-refractivity contribution is 0.0464. The highest BCUT2D eigenvalue weighted by atomic mass is 16.5. The van der Waals surface area contributed by atoms with E-state index in [1.165, 1.54) is 6.07 Å². The van der Waals surface area contributed by atoms with Crippen LogP contribution in [0.15, 0.2) is 34.9 Å². The number of aromatic nitrogens is 1. The third-order valence-electron chi connectivity index (χ3n) is 2.65. The van der Waals surface area contributed by atoms with Crippen LogP contribution in [0.2, 0.25) is 0 Å². The van der Waals surface area contributed by atoms with Gasteiger partial charge in [-0.1, -0.05) is 11.2 Å². The van der Waals surface area contributed by atoms with Gasteiger partial charge in [0.1, 0.15) is 18.1 Å². The third kappa shape index (κ3) is 4.34. The number of benzene rings is 1. The summed E-state index contributed by atoms with van der Waals surface area (Å²) in [5.41, 5.74) is 1.30. The van der Waals surface area contributed by atoms with Gasteiger partial charge in [0.25, 0.3) is 0 Å². The Morgan fingerprint density at radius 3 is 2.77 bits per heavy atom. The number of carbonyl (C=O) groups excluding carboxylic acids is 2. The molecule has 0 unspecified atom stereocenters. The van der Waals surface area contributed by atoms with Crippen molar-refractivity contribution in [2.45, 2.75) is 20.5 Å². The molecule has 7 heteroatoms. The highest BCUT2D eigenvalue weighted by molar-refractivity contribution is 5.92. The SMILES string of the molecule is CCOC(=O)Nc1cccc(C(=O)OCc2cc(C)on2)c1. The molecule has 116 valence electrons. The zero-order valence-corrected chi connectivity index (χ0v) is 12.3. The van der Waals surface area contributed by atoms with Crippen LogP contribution in [0.1, 0.15) is 28.7 Å².